The standard InChI is InChI=1S/C11H12N6S2/c1-6-5-7-8(18-6)14-10(16-12)15-9(7)19-11-13-3-4-17(11)2/h3-5H,12H2,1-2H3,(H,14,15,16). The van der Waals surface area contributed by atoms with Gasteiger partial charge in [-0.05, 0) is 24.8 Å². The minimum atomic E-state index is 0.422. The maximum absolute atomic E-state index is 5.42. The molecule has 3 N–H and O–H groups in total. The smallest absolute Gasteiger partial charge is 0.239 e. The fraction of sp³-hybridized carbons (Fsp3) is 0.182. The number of nitrogens with two attached hydrogens (primary N) is 1. The van der Waals surface area contributed by atoms with Crippen LogP contribution in [0.1, 0.15) is 4.88 Å². The maximum atomic E-state index is 5.42. The number of hydrogen-bond acceptors (Lipinski definition) is 7. The zero-order valence-electron chi connectivity index (χ0n) is 10.4. The van der Waals surface area contributed by atoms with E-state index in [9.17, 15) is 0 Å². The summed E-state index contributed by atoms with van der Waals surface area (Å²) in [5.74, 6) is 5.84. The highest BCUT2D eigenvalue weighted by atomic mass is 32.2. The number of hydrogen-bond donors (Lipinski definition) is 2. The van der Waals surface area contributed by atoms with Crippen LogP contribution in [0.3, 0.4) is 0 Å². The Bertz CT molecular complexity index is 732. The number of aromatic nitrogens is 4. The summed E-state index contributed by atoms with van der Waals surface area (Å²) in [4.78, 5) is 15.2. The minimum absolute atomic E-state index is 0.422. The van der Waals surface area contributed by atoms with Gasteiger partial charge in [-0.1, -0.05) is 0 Å². The number of nitrogen functional groups attached to an aromatic ring is 1. The summed E-state index contributed by atoms with van der Waals surface area (Å²) in [7, 11) is 1.95. The molecule has 0 radical (unpaired) electrons. The van der Waals surface area contributed by atoms with Gasteiger partial charge < -0.3 is 4.57 Å². The highest BCUT2D eigenvalue weighted by Crippen LogP contribution is 2.34. The van der Waals surface area contributed by atoms with Crippen LogP contribution < -0.4 is 11.3 Å². The van der Waals surface area contributed by atoms with Crippen LogP contribution in [0.5, 0.6) is 0 Å². The lowest BCUT2D eigenvalue weighted by atomic mass is 10.4. The van der Waals surface area contributed by atoms with Crippen molar-refractivity contribution >= 4 is 39.3 Å². The Balaban J connectivity index is 2.13. The van der Waals surface area contributed by atoms with Gasteiger partial charge >= 0.3 is 0 Å². The molecule has 0 aliphatic rings. The highest BCUT2D eigenvalue weighted by molar-refractivity contribution is 7.99. The number of imidazole rings is 1. The topological polar surface area (TPSA) is 81.7 Å². The number of nitrogens with one attached hydrogen (secondary N) is 1. The number of fused-ring (bicyclic) bond motifs is 1. The van der Waals surface area contributed by atoms with Crippen molar-refractivity contribution in [3.8, 4) is 0 Å². The van der Waals surface area contributed by atoms with E-state index < -0.39 is 0 Å². The third-order valence-electron chi connectivity index (χ3n) is 2.58. The molecule has 6 nitrogen and oxygen atoms in total. The molecule has 0 saturated carbocycles. The summed E-state index contributed by atoms with van der Waals surface area (Å²) in [6.45, 7) is 2.05. The van der Waals surface area contributed by atoms with Crippen molar-refractivity contribution in [2.75, 3.05) is 5.43 Å². The first-order chi connectivity index (χ1) is 9.17. The molecule has 3 aromatic heterocycles. The van der Waals surface area contributed by atoms with Gasteiger partial charge in [0.2, 0.25) is 5.95 Å². The van der Waals surface area contributed by atoms with E-state index in [1.807, 2.05) is 17.8 Å². The maximum Gasteiger partial charge on any atom is 0.239 e. The average molecular weight is 292 g/mol. The Morgan fingerprint density at radius 2 is 2.26 bits per heavy atom. The van der Waals surface area contributed by atoms with E-state index in [2.05, 4.69) is 33.4 Å². The quantitative estimate of drug-likeness (QED) is 0.437. The van der Waals surface area contributed by atoms with E-state index in [1.165, 1.54) is 16.6 Å². The minimum Gasteiger partial charge on any atom is -0.329 e. The first-order valence-electron chi connectivity index (χ1n) is 5.57. The molecule has 0 aliphatic carbocycles. The zero-order chi connectivity index (χ0) is 13.4. The molecule has 3 aromatic rings. The van der Waals surface area contributed by atoms with E-state index in [0.29, 0.717) is 5.95 Å². The first-order valence-corrected chi connectivity index (χ1v) is 7.20. The molecule has 19 heavy (non-hydrogen) atoms. The van der Waals surface area contributed by atoms with E-state index in [-0.39, 0.29) is 0 Å². The number of nitrogens with zero attached hydrogens (tertiary/aromatic N) is 4. The van der Waals surface area contributed by atoms with Gasteiger partial charge in [0.25, 0.3) is 0 Å². The molecule has 0 saturated heterocycles. The van der Waals surface area contributed by atoms with Gasteiger partial charge in [-0.3, -0.25) is 5.43 Å². The van der Waals surface area contributed by atoms with Gasteiger partial charge in [0.15, 0.2) is 5.16 Å². The monoisotopic (exact) mass is 292 g/mol. The van der Waals surface area contributed by atoms with Crippen molar-refractivity contribution in [1.29, 1.82) is 0 Å². The molecule has 0 aromatic carbocycles. The third-order valence-corrected chi connectivity index (χ3v) is 4.60. The van der Waals surface area contributed by atoms with Gasteiger partial charge in [0.1, 0.15) is 9.86 Å². The lowest BCUT2D eigenvalue weighted by Gasteiger charge is -2.04. The predicted octanol–water partition coefficient (Wildman–Crippen LogP) is 2.17. The summed E-state index contributed by atoms with van der Waals surface area (Å²) in [5, 5.41) is 2.78. The molecular formula is C11H12N6S2. The van der Waals surface area contributed by atoms with Crippen LogP contribution in [-0.4, -0.2) is 19.5 Å². The van der Waals surface area contributed by atoms with E-state index in [4.69, 9.17) is 5.84 Å². The Morgan fingerprint density at radius 1 is 1.42 bits per heavy atom. The zero-order valence-corrected chi connectivity index (χ0v) is 12.0. The van der Waals surface area contributed by atoms with Crippen molar-refractivity contribution in [2.24, 2.45) is 12.9 Å². The van der Waals surface area contributed by atoms with Crippen LogP contribution in [-0.2, 0) is 7.05 Å². The summed E-state index contributed by atoms with van der Waals surface area (Å²) in [5.41, 5.74) is 2.51. The van der Waals surface area contributed by atoms with Crippen molar-refractivity contribution in [3.05, 3.63) is 23.3 Å². The molecule has 0 unspecified atom stereocenters. The SMILES string of the molecule is Cc1cc2c(Sc3nccn3C)nc(NN)nc2s1. The summed E-state index contributed by atoms with van der Waals surface area (Å²) in [6, 6.07) is 2.09. The van der Waals surface area contributed by atoms with Gasteiger partial charge in [-0.15, -0.1) is 11.3 Å². The molecule has 0 amide bonds. The van der Waals surface area contributed by atoms with Gasteiger partial charge in [0, 0.05) is 29.7 Å². The largest absolute Gasteiger partial charge is 0.329 e. The van der Waals surface area contributed by atoms with Crippen LogP contribution in [0, 0.1) is 6.92 Å². The van der Waals surface area contributed by atoms with Crippen molar-refractivity contribution in [1.82, 2.24) is 19.5 Å². The normalized spacial score (nSPS) is 11.1. The molecule has 0 bridgehead atoms. The van der Waals surface area contributed by atoms with Gasteiger partial charge in [0.05, 0.1) is 0 Å². The number of thiophene rings is 1. The summed E-state index contributed by atoms with van der Waals surface area (Å²) < 4.78 is 1.95. The van der Waals surface area contributed by atoms with Gasteiger partial charge in [-0.25, -0.2) is 20.8 Å². The summed E-state index contributed by atoms with van der Waals surface area (Å²) >= 11 is 3.13. The molecule has 8 heteroatoms. The van der Waals surface area contributed by atoms with Crippen LogP contribution >= 0.6 is 23.1 Å². The fourth-order valence-electron chi connectivity index (χ4n) is 1.69. The molecule has 98 valence electrons. The Labute approximate surface area is 118 Å². The highest BCUT2D eigenvalue weighted by Gasteiger charge is 2.13. The van der Waals surface area contributed by atoms with E-state index in [0.717, 1.165) is 20.4 Å². The number of anilines is 1. The molecule has 0 fully saturated rings. The fourth-order valence-corrected chi connectivity index (χ4v) is 3.53. The van der Waals surface area contributed by atoms with Crippen molar-refractivity contribution in [3.63, 3.8) is 0 Å². The second-order valence-corrected chi connectivity index (χ2v) is 6.19. The Kier molecular flexibility index (Phi) is 3.13. The van der Waals surface area contributed by atoms with Crippen LogP contribution in [0.15, 0.2) is 28.6 Å². The van der Waals surface area contributed by atoms with Crippen LogP contribution in [0.25, 0.3) is 10.2 Å². The molecule has 3 rings (SSSR count). The van der Waals surface area contributed by atoms with E-state index >= 15 is 0 Å². The van der Waals surface area contributed by atoms with Crippen molar-refractivity contribution in [2.45, 2.75) is 17.1 Å². The molecule has 0 spiro atoms. The van der Waals surface area contributed by atoms with Crippen molar-refractivity contribution < 1.29 is 0 Å². The Hall–Kier alpha value is -1.64. The second kappa shape index (κ2) is 4.80. The van der Waals surface area contributed by atoms with Crippen LogP contribution in [0.4, 0.5) is 5.95 Å². The lowest BCUT2D eigenvalue weighted by molar-refractivity contribution is 0.789. The molecule has 3 heterocycles. The molecule has 0 aliphatic heterocycles. The van der Waals surface area contributed by atoms with E-state index in [1.54, 1.807) is 17.5 Å². The molecular weight excluding hydrogens is 280 g/mol. The average Bonchev–Trinajstić information content (AvgIpc) is 2.95. The lowest BCUT2D eigenvalue weighted by Crippen LogP contribution is -2.10. The second-order valence-electron chi connectivity index (χ2n) is 4.00. The third kappa shape index (κ3) is 2.29. The number of rotatable bonds is 3. The predicted molar refractivity (Wildman–Crippen MR) is 77.3 cm³/mol. The molecule has 0 atom stereocenters. The first kappa shape index (κ1) is 12.4. The van der Waals surface area contributed by atoms with Gasteiger partial charge in [-0.2, -0.15) is 0 Å². The summed E-state index contributed by atoms with van der Waals surface area (Å²) in [6.07, 6.45) is 3.67. The Morgan fingerprint density at radius 3 is 2.95 bits per heavy atom. The number of aryl methyl sites for hydroxylation is 2. The number of hydrazine groups is 1. The van der Waals surface area contributed by atoms with Crippen LogP contribution in [0.2, 0.25) is 0 Å².